The minimum atomic E-state index is -0.433. The van der Waals surface area contributed by atoms with Crippen molar-refractivity contribution in [1.29, 1.82) is 0 Å². The van der Waals surface area contributed by atoms with Gasteiger partial charge in [-0.05, 0) is 44.2 Å². The number of carbonyl (C=O) groups excluding carboxylic acids is 1. The first-order valence-corrected chi connectivity index (χ1v) is 7.92. The van der Waals surface area contributed by atoms with Gasteiger partial charge in [0.2, 0.25) is 0 Å². The summed E-state index contributed by atoms with van der Waals surface area (Å²) < 4.78 is 5.14. The summed E-state index contributed by atoms with van der Waals surface area (Å²) in [6.07, 6.45) is 1.49. The van der Waals surface area contributed by atoms with E-state index in [1.165, 1.54) is 6.20 Å². The lowest BCUT2D eigenvalue weighted by Crippen LogP contribution is -2.09. The molecule has 7 heteroatoms. The molecule has 1 aromatic carbocycles. The maximum Gasteiger partial charge on any atom is 0.341 e. The number of nitrogens with one attached hydrogen (secondary N) is 1. The van der Waals surface area contributed by atoms with Crippen LogP contribution in [0.2, 0.25) is 5.02 Å². The number of halogens is 2. The summed E-state index contributed by atoms with van der Waals surface area (Å²) in [5, 5.41) is 4.59. The van der Waals surface area contributed by atoms with E-state index < -0.39 is 5.97 Å². The Labute approximate surface area is 156 Å². The highest BCUT2D eigenvalue weighted by atomic mass is 35.5. The molecule has 3 aromatic rings. The summed E-state index contributed by atoms with van der Waals surface area (Å²) in [4.78, 5) is 21.0. The van der Waals surface area contributed by atoms with Crippen LogP contribution >= 0.6 is 24.0 Å². The van der Waals surface area contributed by atoms with Crippen molar-refractivity contribution in [2.24, 2.45) is 0 Å². The van der Waals surface area contributed by atoms with Gasteiger partial charge in [-0.1, -0.05) is 17.7 Å². The van der Waals surface area contributed by atoms with Gasteiger partial charge in [0.25, 0.3) is 0 Å². The lowest BCUT2D eigenvalue weighted by Gasteiger charge is -2.14. The maximum atomic E-state index is 12.3. The summed E-state index contributed by atoms with van der Waals surface area (Å²) >= 11 is 6.05. The maximum absolute atomic E-state index is 12.3. The fourth-order valence-electron chi connectivity index (χ4n) is 2.38. The van der Waals surface area contributed by atoms with Crippen molar-refractivity contribution < 1.29 is 9.53 Å². The molecular weight excluding hydrogens is 361 g/mol. The summed E-state index contributed by atoms with van der Waals surface area (Å²) in [7, 11) is 0. The van der Waals surface area contributed by atoms with Gasteiger partial charge in [0.15, 0.2) is 5.65 Å². The number of benzene rings is 1. The molecule has 0 aliphatic rings. The normalized spacial score (nSPS) is 10.2. The van der Waals surface area contributed by atoms with Crippen molar-refractivity contribution in [1.82, 2.24) is 9.97 Å². The molecular formula is C18H17Cl2N3O2. The quantitative estimate of drug-likeness (QED) is 0.652. The van der Waals surface area contributed by atoms with E-state index in [0.717, 1.165) is 16.8 Å². The van der Waals surface area contributed by atoms with E-state index in [0.29, 0.717) is 28.5 Å². The Morgan fingerprint density at radius 2 is 2.08 bits per heavy atom. The van der Waals surface area contributed by atoms with E-state index in [-0.39, 0.29) is 12.4 Å². The Morgan fingerprint density at radius 3 is 2.80 bits per heavy atom. The zero-order valence-corrected chi connectivity index (χ0v) is 15.3. The number of aryl methyl sites for hydroxylation is 1. The molecule has 0 fully saturated rings. The molecule has 1 N–H and O–H groups in total. The third kappa shape index (κ3) is 4.18. The number of fused-ring (bicyclic) bond motifs is 1. The molecule has 25 heavy (non-hydrogen) atoms. The Bertz CT molecular complexity index is 916. The first kappa shape index (κ1) is 19.0. The molecule has 2 heterocycles. The fraction of sp³-hybridized carbons (Fsp3) is 0.167. The molecule has 0 aliphatic heterocycles. The van der Waals surface area contributed by atoms with Gasteiger partial charge in [0, 0.05) is 28.0 Å². The van der Waals surface area contributed by atoms with Crippen LogP contribution in [-0.2, 0) is 4.74 Å². The smallest absolute Gasteiger partial charge is 0.341 e. The third-order valence-electron chi connectivity index (χ3n) is 3.46. The van der Waals surface area contributed by atoms with E-state index in [1.54, 1.807) is 19.1 Å². The fourth-order valence-corrected chi connectivity index (χ4v) is 2.57. The number of carbonyl (C=O) groups is 1. The molecule has 0 radical (unpaired) electrons. The number of hydrogen-bond donors (Lipinski definition) is 1. The first-order valence-electron chi connectivity index (χ1n) is 7.54. The van der Waals surface area contributed by atoms with E-state index in [4.69, 9.17) is 16.3 Å². The van der Waals surface area contributed by atoms with Gasteiger partial charge >= 0.3 is 5.97 Å². The minimum Gasteiger partial charge on any atom is -0.462 e. The molecule has 0 atom stereocenters. The molecule has 0 spiro atoms. The van der Waals surface area contributed by atoms with Crippen molar-refractivity contribution in [2.45, 2.75) is 13.8 Å². The second kappa shape index (κ2) is 8.14. The van der Waals surface area contributed by atoms with Gasteiger partial charge in [0.1, 0.15) is 5.56 Å². The van der Waals surface area contributed by atoms with Crippen LogP contribution in [0.3, 0.4) is 0 Å². The molecule has 0 unspecified atom stereocenters. The van der Waals surface area contributed by atoms with Crippen molar-refractivity contribution in [3.8, 4) is 0 Å². The monoisotopic (exact) mass is 377 g/mol. The number of ether oxygens (including phenoxy) is 1. The lowest BCUT2D eigenvalue weighted by molar-refractivity contribution is 0.0527. The Balaban J connectivity index is 0.00000225. The Hall–Kier alpha value is -2.37. The average Bonchev–Trinajstić information content (AvgIpc) is 2.55. The molecule has 3 rings (SSSR count). The van der Waals surface area contributed by atoms with Gasteiger partial charge in [-0.3, -0.25) is 0 Å². The van der Waals surface area contributed by atoms with Gasteiger partial charge < -0.3 is 10.1 Å². The zero-order chi connectivity index (χ0) is 17.1. The molecule has 0 saturated carbocycles. The van der Waals surface area contributed by atoms with E-state index in [1.807, 2.05) is 31.2 Å². The first-order chi connectivity index (χ1) is 11.6. The molecule has 0 bridgehead atoms. The van der Waals surface area contributed by atoms with Crippen LogP contribution in [0.4, 0.5) is 11.4 Å². The topological polar surface area (TPSA) is 64.1 Å². The van der Waals surface area contributed by atoms with Gasteiger partial charge in [-0.2, -0.15) is 0 Å². The predicted molar refractivity (Wildman–Crippen MR) is 102 cm³/mol. The molecule has 130 valence electrons. The second-order valence-electron chi connectivity index (χ2n) is 5.23. The largest absolute Gasteiger partial charge is 0.462 e. The molecule has 0 amide bonds. The van der Waals surface area contributed by atoms with Crippen molar-refractivity contribution >= 4 is 52.4 Å². The number of hydrogen-bond acceptors (Lipinski definition) is 5. The third-order valence-corrected chi connectivity index (χ3v) is 3.69. The van der Waals surface area contributed by atoms with Crippen molar-refractivity contribution in [3.05, 3.63) is 58.9 Å². The molecule has 2 aromatic heterocycles. The predicted octanol–water partition coefficient (Wildman–Crippen LogP) is 4.93. The zero-order valence-electron chi connectivity index (χ0n) is 13.7. The number of aromatic nitrogens is 2. The number of nitrogens with zero attached hydrogens (tertiary/aromatic N) is 2. The van der Waals surface area contributed by atoms with E-state index in [2.05, 4.69) is 15.3 Å². The Kier molecular flexibility index (Phi) is 6.17. The molecule has 5 nitrogen and oxygen atoms in total. The highest BCUT2D eigenvalue weighted by Gasteiger charge is 2.17. The van der Waals surface area contributed by atoms with Crippen LogP contribution < -0.4 is 5.32 Å². The SMILES string of the molecule is CCOC(=O)c1cnc2nc(C)ccc2c1Nc1cccc(Cl)c1.Cl. The average molecular weight is 378 g/mol. The van der Waals surface area contributed by atoms with Crippen molar-refractivity contribution in [3.63, 3.8) is 0 Å². The summed E-state index contributed by atoms with van der Waals surface area (Å²) in [6.45, 7) is 3.95. The van der Waals surface area contributed by atoms with Gasteiger partial charge in [0.05, 0.1) is 12.3 Å². The second-order valence-corrected chi connectivity index (χ2v) is 5.66. The number of esters is 1. The van der Waals surface area contributed by atoms with Crippen LogP contribution in [0.5, 0.6) is 0 Å². The van der Waals surface area contributed by atoms with Crippen LogP contribution in [0.1, 0.15) is 23.0 Å². The number of pyridine rings is 2. The van der Waals surface area contributed by atoms with Crippen molar-refractivity contribution in [2.75, 3.05) is 11.9 Å². The summed E-state index contributed by atoms with van der Waals surface area (Å²) in [6, 6.07) is 11.0. The van der Waals surface area contributed by atoms with Crippen LogP contribution in [0.25, 0.3) is 11.0 Å². The van der Waals surface area contributed by atoms with Crippen LogP contribution in [0, 0.1) is 6.92 Å². The number of anilines is 2. The van der Waals surface area contributed by atoms with Gasteiger partial charge in [-0.25, -0.2) is 14.8 Å². The van der Waals surface area contributed by atoms with Crippen LogP contribution in [-0.4, -0.2) is 22.5 Å². The van der Waals surface area contributed by atoms with Gasteiger partial charge in [-0.15, -0.1) is 12.4 Å². The number of rotatable bonds is 4. The molecule has 0 aliphatic carbocycles. The highest BCUT2D eigenvalue weighted by molar-refractivity contribution is 6.30. The summed E-state index contributed by atoms with van der Waals surface area (Å²) in [5.74, 6) is -0.433. The van der Waals surface area contributed by atoms with Crippen LogP contribution in [0.15, 0.2) is 42.6 Å². The van der Waals surface area contributed by atoms with E-state index in [9.17, 15) is 4.79 Å². The Morgan fingerprint density at radius 1 is 1.28 bits per heavy atom. The lowest BCUT2D eigenvalue weighted by atomic mass is 10.1. The molecule has 0 saturated heterocycles. The summed E-state index contributed by atoms with van der Waals surface area (Å²) in [5.41, 5.74) is 3.14. The highest BCUT2D eigenvalue weighted by Crippen LogP contribution is 2.30. The van der Waals surface area contributed by atoms with E-state index >= 15 is 0 Å². The minimum absolute atomic E-state index is 0. The standard InChI is InChI=1S/C18H16ClN3O2.ClH/c1-3-24-18(23)15-10-20-17-14(8-7-11(2)21-17)16(15)22-13-6-4-5-12(19)9-13;/h4-10H,3H2,1-2H3,(H,20,21,22);1H.